The molecule has 0 unspecified atom stereocenters. The van der Waals surface area contributed by atoms with E-state index >= 15 is 0 Å². The summed E-state index contributed by atoms with van der Waals surface area (Å²) in [7, 11) is 1.81. The molecule has 1 aromatic rings. The maximum absolute atomic E-state index is 5.86. The van der Waals surface area contributed by atoms with Crippen LogP contribution in [-0.2, 0) is 4.74 Å². The van der Waals surface area contributed by atoms with Crippen molar-refractivity contribution >= 4 is 5.69 Å². The number of ether oxygens (including phenoxy) is 2. The van der Waals surface area contributed by atoms with Gasteiger partial charge in [0.15, 0.2) is 0 Å². The van der Waals surface area contributed by atoms with E-state index in [-0.39, 0.29) is 0 Å². The molecule has 1 aliphatic rings. The molecule has 1 aromatic carbocycles. The molecule has 2 rings (SSSR count). The van der Waals surface area contributed by atoms with Crippen LogP contribution in [-0.4, -0.2) is 25.9 Å². The van der Waals surface area contributed by atoms with Gasteiger partial charge in [0.1, 0.15) is 5.75 Å². The van der Waals surface area contributed by atoms with E-state index < -0.39 is 0 Å². The van der Waals surface area contributed by atoms with Gasteiger partial charge in [-0.3, -0.25) is 0 Å². The van der Waals surface area contributed by atoms with Gasteiger partial charge in [0, 0.05) is 13.2 Å². The number of aryl methyl sites for hydroxylation is 1. The van der Waals surface area contributed by atoms with Crippen molar-refractivity contribution in [3.63, 3.8) is 0 Å². The Bertz CT molecular complexity index is 411. The minimum Gasteiger partial charge on any atom is -0.491 e. The average molecular weight is 277 g/mol. The highest BCUT2D eigenvalue weighted by Crippen LogP contribution is 2.30. The molecule has 1 aliphatic carbocycles. The summed E-state index contributed by atoms with van der Waals surface area (Å²) in [5.74, 6) is 0.987. The third-order valence-corrected chi connectivity index (χ3v) is 3.97. The van der Waals surface area contributed by atoms with Crippen molar-refractivity contribution in [3.05, 3.63) is 23.8 Å². The zero-order valence-electron chi connectivity index (χ0n) is 12.9. The fourth-order valence-corrected chi connectivity index (χ4v) is 2.74. The lowest BCUT2D eigenvalue weighted by molar-refractivity contribution is 0.0681. The van der Waals surface area contributed by atoms with Crippen molar-refractivity contribution in [2.75, 3.05) is 19.0 Å². The number of benzene rings is 1. The van der Waals surface area contributed by atoms with Gasteiger partial charge in [0.2, 0.25) is 0 Å². The van der Waals surface area contributed by atoms with Crippen LogP contribution in [0.15, 0.2) is 18.2 Å². The Morgan fingerprint density at radius 3 is 2.60 bits per heavy atom. The minimum atomic E-state index is 0.446. The predicted molar refractivity (Wildman–Crippen MR) is 83.6 cm³/mol. The van der Waals surface area contributed by atoms with Crippen LogP contribution in [0.2, 0.25) is 0 Å². The molecule has 0 atom stereocenters. The minimum absolute atomic E-state index is 0.446. The Morgan fingerprint density at radius 2 is 1.95 bits per heavy atom. The number of anilines is 1. The first-order valence-electron chi connectivity index (χ1n) is 7.75. The van der Waals surface area contributed by atoms with E-state index in [9.17, 15) is 0 Å². The lowest BCUT2D eigenvalue weighted by Crippen LogP contribution is -2.29. The Balaban J connectivity index is 1.98. The zero-order valence-corrected chi connectivity index (χ0v) is 12.9. The molecule has 0 saturated heterocycles. The van der Waals surface area contributed by atoms with Gasteiger partial charge in [0.05, 0.1) is 18.4 Å². The fraction of sp³-hybridized carbons (Fsp3) is 0.647. The van der Waals surface area contributed by atoms with Gasteiger partial charge in [-0.05, 0) is 56.7 Å². The highest BCUT2D eigenvalue weighted by atomic mass is 16.5. The highest BCUT2D eigenvalue weighted by molar-refractivity contribution is 5.58. The fourth-order valence-electron chi connectivity index (χ4n) is 2.74. The van der Waals surface area contributed by atoms with Gasteiger partial charge < -0.3 is 14.8 Å². The lowest BCUT2D eigenvalue weighted by Gasteiger charge is -2.29. The Labute approximate surface area is 122 Å². The van der Waals surface area contributed by atoms with Crippen molar-refractivity contribution in [1.29, 1.82) is 0 Å². The van der Waals surface area contributed by atoms with Crippen LogP contribution < -0.4 is 10.1 Å². The summed E-state index contributed by atoms with van der Waals surface area (Å²) in [5, 5.41) is 3.65. The number of methoxy groups -OCH3 is 1. The molecule has 3 heteroatoms. The van der Waals surface area contributed by atoms with Crippen molar-refractivity contribution in [1.82, 2.24) is 0 Å². The normalized spacial score (nSPS) is 22.6. The van der Waals surface area contributed by atoms with Gasteiger partial charge in [-0.25, -0.2) is 0 Å². The van der Waals surface area contributed by atoms with E-state index in [1.807, 2.05) is 7.11 Å². The van der Waals surface area contributed by atoms with Crippen molar-refractivity contribution in [2.24, 2.45) is 0 Å². The van der Waals surface area contributed by atoms with Gasteiger partial charge in [-0.2, -0.15) is 0 Å². The molecule has 0 amide bonds. The molecular formula is C17H27NO2. The Morgan fingerprint density at radius 1 is 1.20 bits per heavy atom. The molecule has 3 nitrogen and oxygen atoms in total. The smallest absolute Gasteiger partial charge is 0.142 e. The first-order chi connectivity index (χ1) is 9.72. The summed E-state index contributed by atoms with van der Waals surface area (Å²) in [5.41, 5.74) is 2.37. The summed E-state index contributed by atoms with van der Waals surface area (Å²) >= 11 is 0. The van der Waals surface area contributed by atoms with Gasteiger partial charge in [-0.1, -0.05) is 13.0 Å². The summed E-state index contributed by atoms with van der Waals surface area (Å²) < 4.78 is 11.3. The van der Waals surface area contributed by atoms with Crippen molar-refractivity contribution < 1.29 is 9.47 Å². The van der Waals surface area contributed by atoms with Gasteiger partial charge in [-0.15, -0.1) is 0 Å². The summed E-state index contributed by atoms with van der Waals surface area (Å²) in [4.78, 5) is 0. The van der Waals surface area contributed by atoms with Gasteiger partial charge >= 0.3 is 0 Å². The summed E-state index contributed by atoms with van der Waals surface area (Å²) in [6.45, 7) is 5.01. The van der Waals surface area contributed by atoms with E-state index in [2.05, 4.69) is 37.4 Å². The number of hydrogen-bond acceptors (Lipinski definition) is 3. The SMILES string of the molecule is CCCOc1cc(C)ccc1NC1CCC(OC)CC1. The number of hydrogen-bond donors (Lipinski definition) is 1. The van der Waals surface area contributed by atoms with E-state index in [4.69, 9.17) is 9.47 Å². The number of rotatable bonds is 6. The number of nitrogens with one attached hydrogen (secondary N) is 1. The van der Waals surface area contributed by atoms with E-state index in [0.717, 1.165) is 37.3 Å². The maximum Gasteiger partial charge on any atom is 0.142 e. The molecule has 0 aromatic heterocycles. The molecular weight excluding hydrogens is 250 g/mol. The molecule has 0 bridgehead atoms. The third kappa shape index (κ3) is 4.14. The first kappa shape index (κ1) is 15.2. The topological polar surface area (TPSA) is 30.5 Å². The van der Waals surface area contributed by atoms with Gasteiger partial charge in [0.25, 0.3) is 0 Å². The second-order valence-corrected chi connectivity index (χ2v) is 5.70. The largest absolute Gasteiger partial charge is 0.491 e. The standard InChI is InChI=1S/C17H27NO2/c1-4-11-20-17-12-13(2)5-10-16(17)18-14-6-8-15(19-3)9-7-14/h5,10,12,14-15,18H,4,6-9,11H2,1-3H3. The highest BCUT2D eigenvalue weighted by Gasteiger charge is 2.21. The van der Waals surface area contributed by atoms with Crippen molar-refractivity contribution in [2.45, 2.75) is 58.1 Å². The summed E-state index contributed by atoms with van der Waals surface area (Å²) in [6, 6.07) is 6.94. The molecule has 0 heterocycles. The Kier molecular flexibility index (Phi) is 5.72. The molecule has 0 aliphatic heterocycles. The van der Waals surface area contributed by atoms with Crippen LogP contribution in [0.4, 0.5) is 5.69 Å². The van der Waals surface area contributed by atoms with E-state index in [0.29, 0.717) is 12.1 Å². The second-order valence-electron chi connectivity index (χ2n) is 5.70. The van der Waals surface area contributed by atoms with Crippen LogP contribution in [0.1, 0.15) is 44.6 Å². The molecule has 0 spiro atoms. The molecule has 0 radical (unpaired) electrons. The average Bonchev–Trinajstić information content (AvgIpc) is 2.48. The van der Waals surface area contributed by atoms with Crippen molar-refractivity contribution in [3.8, 4) is 5.75 Å². The Hall–Kier alpha value is -1.22. The quantitative estimate of drug-likeness (QED) is 0.847. The molecule has 20 heavy (non-hydrogen) atoms. The maximum atomic E-state index is 5.86. The van der Waals surface area contributed by atoms with Crippen LogP contribution in [0, 0.1) is 6.92 Å². The zero-order chi connectivity index (χ0) is 14.4. The summed E-state index contributed by atoms with van der Waals surface area (Å²) in [6.07, 6.45) is 6.10. The van der Waals surface area contributed by atoms with Crippen LogP contribution in [0.5, 0.6) is 5.75 Å². The molecule has 1 N–H and O–H groups in total. The third-order valence-electron chi connectivity index (χ3n) is 3.97. The molecule has 1 fully saturated rings. The van der Waals surface area contributed by atoms with E-state index in [1.54, 1.807) is 0 Å². The molecule has 1 saturated carbocycles. The van der Waals surface area contributed by atoms with Crippen LogP contribution in [0.3, 0.4) is 0 Å². The predicted octanol–water partition coefficient (Wildman–Crippen LogP) is 4.15. The molecule has 112 valence electrons. The van der Waals surface area contributed by atoms with Crippen LogP contribution in [0.25, 0.3) is 0 Å². The second kappa shape index (κ2) is 7.53. The van der Waals surface area contributed by atoms with Crippen LogP contribution >= 0.6 is 0 Å². The van der Waals surface area contributed by atoms with E-state index in [1.165, 1.54) is 18.4 Å². The lowest BCUT2D eigenvalue weighted by atomic mass is 9.92. The first-order valence-corrected chi connectivity index (χ1v) is 7.75. The monoisotopic (exact) mass is 277 g/mol.